The molecule has 122 valence electrons. The van der Waals surface area contributed by atoms with Gasteiger partial charge >= 0.3 is 0 Å². The molecule has 0 radical (unpaired) electrons. The highest BCUT2D eigenvalue weighted by Crippen LogP contribution is 2.25. The Balaban J connectivity index is 1.90. The number of rotatable bonds is 4. The van der Waals surface area contributed by atoms with Gasteiger partial charge in [0.2, 0.25) is 0 Å². The molecular weight excluding hydrogens is 374 g/mol. The van der Waals surface area contributed by atoms with Gasteiger partial charge < -0.3 is 10.1 Å². The molecule has 3 aromatic rings. The van der Waals surface area contributed by atoms with Crippen molar-refractivity contribution in [3.05, 3.63) is 58.3 Å². The lowest BCUT2D eigenvalue weighted by Gasteiger charge is -2.12. The van der Waals surface area contributed by atoms with E-state index in [0.29, 0.717) is 17.0 Å². The monoisotopic (exact) mass is 387 g/mol. The summed E-state index contributed by atoms with van der Waals surface area (Å²) in [6.07, 6.45) is 1.51. The van der Waals surface area contributed by atoms with E-state index in [4.69, 9.17) is 4.74 Å². The molecule has 1 heterocycles. The number of hydrogen-bond donors (Lipinski definition) is 1. The van der Waals surface area contributed by atoms with Crippen molar-refractivity contribution in [2.75, 3.05) is 12.4 Å². The first kappa shape index (κ1) is 16.1. The number of nitrogens with zero attached hydrogens (tertiary/aromatic N) is 4. The highest BCUT2D eigenvalue weighted by atomic mass is 79.9. The molecule has 3 rings (SSSR count). The highest BCUT2D eigenvalue weighted by molar-refractivity contribution is 9.10. The Bertz CT molecular complexity index is 880. The zero-order valence-corrected chi connectivity index (χ0v) is 14.6. The van der Waals surface area contributed by atoms with Crippen LogP contribution in [-0.2, 0) is 0 Å². The van der Waals surface area contributed by atoms with Gasteiger partial charge in [0.05, 0.1) is 18.4 Å². The minimum absolute atomic E-state index is 0.264. The Kier molecular flexibility index (Phi) is 4.57. The largest absolute Gasteiger partial charge is 0.496 e. The van der Waals surface area contributed by atoms with Crippen molar-refractivity contribution in [3.63, 3.8) is 0 Å². The number of ether oxygens (including phenoxy) is 1. The van der Waals surface area contributed by atoms with Gasteiger partial charge in [-0.2, -0.15) is 0 Å². The highest BCUT2D eigenvalue weighted by Gasteiger charge is 2.14. The number of carbonyl (C=O) groups excluding carboxylic acids is 1. The number of hydrogen-bond acceptors (Lipinski definition) is 5. The van der Waals surface area contributed by atoms with Crippen LogP contribution in [0.25, 0.3) is 5.69 Å². The third kappa shape index (κ3) is 3.28. The van der Waals surface area contributed by atoms with E-state index in [-0.39, 0.29) is 5.91 Å². The van der Waals surface area contributed by atoms with Crippen LogP contribution in [-0.4, -0.2) is 33.2 Å². The summed E-state index contributed by atoms with van der Waals surface area (Å²) in [5.74, 6) is 0.239. The number of anilines is 1. The number of tetrazole rings is 1. The van der Waals surface area contributed by atoms with Crippen LogP contribution in [0.2, 0.25) is 0 Å². The van der Waals surface area contributed by atoms with E-state index in [2.05, 4.69) is 36.8 Å². The van der Waals surface area contributed by atoms with E-state index < -0.39 is 0 Å². The number of aromatic nitrogens is 4. The minimum Gasteiger partial charge on any atom is -0.496 e. The Morgan fingerprint density at radius 2 is 2.08 bits per heavy atom. The molecule has 0 bridgehead atoms. The average molecular weight is 388 g/mol. The topological polar surface area (TPSA) is 81.9 Å². The zero-order chi connectivity index (χ0) is 17.1. The van der Waals surface area contributed by atoms with Crippen molar-refractivity contribution < 1.29 is 9.53 Å². The van der Waals surface area contributed by atoms with Crippen molar-refractivity contribution in [1.82, 2.24) is 20.2 Å². The lowest BCUT2D eigenvalue weighted by molar-refractivity contribution is 0.102. The summed E-state index contributed by atoms with van der Waals surface area (Å²) in [5, 5.41) is 14.0. The maximum atomic E-state index is 12.6. The summed E-state index contributed by atoms with van der Waals surface area (Å²) >= 11 is 3.37. The van der Waals surface area contributed by atoms with E-state index in [1.165, 1.54) is 13.4 Å². The maximum absolute atomic E-state index is 12.6. The molecule has 2 aromatic carbocycles. The standard InChI is InChI=1S/C16H14BrN5O2/c1-10-3-5-12(8-14(10)22-9-18-20-21-22)19-16(23)13-7-11(17)4-6-15(13)24-2/h3-9H,1-2H3,(H,19,23). The molecule has 0 unspecified atom stereocenters. The van der Waals surface area contributed by atoms with Crippen LogP contribution in [0.15, 0.2) is 47.2 Å². The van der Waals surface area contributed by atoms with Gasteiger partial charge in [0.1, 0.15) is 12.1 Å². The van der Waals surface area contributed by atoms with Crippen LogP contribution in [0.4, 0.5) is 5.69 Å². The summed E-state index contributed by atoms with van der Waals surface area (Å²) in [4.78, 5) is 12.6. The fourth-order valence-corrected chi connectivity index (χ4v) is 2.62. The van der Waals surface area contributed by atoms with Crippen LogP contribution in [0.5, 0.6) is 5.75 Å². The second-order valence-corrected chi connectivity index (χ2v) is 5.97. The number of amides is 1. The number of carbonyl (C=O) groups is 1. The second-order valence-electron chi connectivity index (χ2n) is 5.05. The number of nitrogens with one attached hydrogen (secondary N) is 1. The zero-order valence-electron chi connectivity index (χ0n) is 13.0. The van der Waals surface area contributed by atoms with Gasteiger partial charge in [-0.15, -0.1) is 5.10 Å². The van der Waals surface area contributed by atoms with E-state index >= 15 is 0 Å². The molecule has 7 nitrogen and oxygen atoms in total. The number of methoxy groups -OCH3 is 1. The first-order chi connectivity index (χ1) is 11.6. The van der Waals surface area contributed by atoms with Gasteiger partial charge in [-0.05, 0) is 53.2 Å². The molecule has 0 fully saturated rings. The summed E-state index contributed by atoms with van der Waals surface area (Å²) < 4.78 is 7.59. The third-order valence-electron chi connectivity index (χ3n) is 3.47. The minimum atomic E-state index is -0.264. The van der Waals surface area contributed by atoms with E-state index in [0.717, 1.165) is 15.7 Å². The maximum Gasteiger partial charge on any atom is 0.259 e. The van der Waals surface area contributed by atoms with E-state index in [1.54, 1.807) is 16.8 Å². The molecule has 1 N–H and O–H groups in total. The smallest absolute Gasteiger partial charge is 0.259 e. The molecular formula is C16H14BrN5O2. The molecule has 8 heteroatoms. The number of halogens is 1. The van der Waals surface area contributed by atoms with Crippen LogP contribution >= 0.6 is 15.9 Å². The van der Waals surface area contributed by atoms with Crippen molar-refractivity contribution in [1.29, 1.82) is 0 Å². The summed E-state index contributed by atoms with van der Waals surface area (Å²) in [6.45, 7) is 1.94. The first-order valence-corrected chi connectivity index (χ1v) is 7.86. The molecule has 24 heavy (non-hydrogen) atoms. The SMILES string of the molecule is COc1ccc(Br)cc1C(=O)Nc1ccc(C)c(-n2cnnn2)c1. The van der Waals surface area contributed by atoms with E-state index in [9.17, 15) is 4.79 Å². The average Bonchev–Trinajstić information content (AvgIpc) is 3.10. The van der Waals surface area contributed by atoms with Gasteiger partial charge in [0.25, 0.3) is 5.91 Å². The van der Waals surface area contributed by atoms with Crippen molar-refractivity contribution >= 4 is 27.5 Å². The van der Waals surface area contributed by atoms with Gasteiger partial charge in [-0.25, -0.2) is 4.68 Å². The molecule has 1 aromatic heterocycles. The van der Waals surface area contributed by atoms with Crippen LogP contribution in [0, 0.1) is 6.92 Å². The second kappa shape index (κ2) is 6.79. The normalized spacial score (nSPS) is 10.5. The van der Waals surface area contributed by atoms with Crippen molar-refractivity contribution in [2.45, 2.75) is 6.92 Å². The Morgan fingerprint density at radius 3 is 2.79 bits per heavy atom. The predicted octanol–water partition coefficient (Wildman–Crippen LogP) is 2.99. The summed E-state index contributed by atoms with van der Waals surface area (Å²) in [6, 6.07) is 10.8. The molecule has 0 spiro atoms. The fourth-order valence-electron chi connectivity index (χ4n) is 2.26. The summed E-state index contributed by atoms with van der Waals surface area (Å²) in [7, 11) is 1.53. The van der Waals surface area contributed by atoms with Gasteiger partial charge in [-0.1, -0.05) is 22.0 Å². The molecule has 0 aliphatic carbocycles. The summed E-state index contributed by atoms with van der Waals surface area (Å²) in [5.41, 5.74) is 2.86. The molecule has 0 saturated carbocycles. The lowest BCUT2D eigenvalue weighted by Crippen LogP contribution is -2.13. The van der Waals surface area contributed by atoms with Crippen LogP contribution in [0.1, 0.15) is 15.9 Å². The third-order valence-corrected chi connectivity index (χ3v) is 3.96. The van der Waals surface area contributed by atoms with E-state index in [1.807, 2.05) is 31.2 Å². The van der Waals surface area contributed by atoms with Crippen molar-refractivity contribution in [2.24, 2.45) is 0 Å². The van der Waals surface area contributed by atoms with Gasteiger partial charge in [0.15, 0.2) is 0 Å². The van der Waals surface area contributed by atoms with Gasteiger partial charge in [0, 0.05) is 10.2 Å². The predicted molar refractivity (Wildman–Crippen MR) is 92.5 cm³/mol. The van der Waals surface area contributed by atoms with Crippen LogP contribution in [0.3, 0.4) is 0 Å². The fraction of sp³-hybridized carbons (Fsp3) is 0.125. The molecule has 0 atom stereocenters. The Labute approximate surface area is 146 Å². The molecule has 1 amide bonds. The molecule has 0 saturated heterocycles. The number of aryl methyl sites for hydroxylation is 1. The van der Waals surface area contributed by atoms with Gasteiger partial charge in [-0.3, -0.25) is 4.79 Å². The Morgan fingerprint density at radius 1 is 1.25 bits per heavy atom. The first-order valence-electron chi connectivity index (χ1n) is 7.07. The number of benzene rings is 2. The molecule has 0 aliphatic rings. The van der Waals surface area contributed by atoms with Crippen LogP contribution < -0.4 is 10.1 Å². The van der Waals surface area contributed by atoms with Crippen molar-refractivity contribution in [3.8, 4) is 11.4 Å². The lowest BCUT2D eigenvalue weighted by atomic mass is 10.1. The quantitative estimate of drug-likeness (QED) is 0.743. The molecule has 0 aliphatic heterocycles. The Hall–Kier alpha value is -2.74.